The Morgan fingerprint density at radius 2 is 2.14 bits per heavy atom. The van der Waals surface area contributed by atoms with Crippen molar-refractivity contribution in [3.05, 3.63) is 32.6 Å². The molecule has 0 aromatic carbocycles. The van der Waals surface area contributed by atoms with Crippen LogP contribution in [0.1, 0.15) is 12.5 Å². The van der Waals surface area contributed by atoms with Crippen LogP contribution in [0.15, 0.2) is 15.8 Å². The second-order valence-electron chi connectivity index (χ2n) is 2.81. The third-order valence-corrected chi connectivity index (χ3v) is 1.80. The number of aromatic amines is 1. The van der Waals surface area contributed by atoms with Crippen LogP contribution >= 0.6 is 0 Å². The summed E-state index contributed by atoms with van der Waals surface area (Å²) in [5.74, 6) is 0. The highest BCUT2D eigenvalue weighted by molar-refractivity contribution is 5.03. The third kappa shape index (κ3) is 2.27. The summed E-state index contributed by atoms with van der Waals surface area (Å²) in [7, 11) is 0. The molecule has 0 amide bonds. The molecule has 0 fully saturated rings. The highest BCUT2D eigenvalue weighted by atomic mass is 19.3. The summed E-state index contributed by atoms with van der Waals surface area (Å²) in [4.78, 5) is 24.1. The SMILES string of the molecule is CCc1cn(CC(F)F)c(=O)[nH]c1=O. The molecule has 14 heavy (non-hydrogen) atoms. The van der Waals surface area contributed by atoms with Gasteiger partial charge in [-0.15, -0.1) is 0 Å². The molecule has 0 saturated carbocycles. The van der Waals surface area contributed by atoms with E-state index in [0.29, 0.717) is 12.0 Å². The van der Waals surface area contributed by atoms with Crippen LogP contribution in [0.25, 0.3) is 0 Å². The van der Waals surface area contributed by atoms with Gasteiger partial charge in [-0.3, -0.25) is 14.3 Å². The highest BCUT2D eigenvalue weighted by Gasteiger charge is 2.07. The van der Waals surface area contributed by atoms with Gasteiger partial charge in [-0.05, 0) is 6.42 Å². The quantitative estimate of drug-likeness (QED) is 0.773. The van der Waals surface area contributed by atoms with Crippen LogP contribution < -0.4 is 11.2 Å². The maximum absolute atomic E-state index is 12.0. The van der Waals surface area contributed by atoms with Gasteiger partial charge in [0, 0.05) is 11.8 Å². The van der Waals surface area contributed by atoms with Crippen LogP contribution in [0.2, 0.25) is 0 Å². The van der Waals surface area contributed by atoms with Gasteiger partial charge in [-0.1, -0.05) is 6.92 Å². The van der Waals surface area contributed by atoms with Crippen LogP contribution in [0, 0.1) is 0 Å². The van der Waals surface area contributed by atoms with Gasteiger partial charge >= 0.3 is 5.69 Å². The summed E-state index contributed by atoms with van der Waals surface area (Å²) >= 11 is 0. The lowest BCUT2D eigenvalue weighted by Gasteiger charge is -2.05. The summed E-state index contributed by atoms with van der Waals surface area (Å²) < 4.78 is 24.8. The summed E-state index contributed by atoms with van der Waals surface area (Å²) in [6.45, 7) is 1.02. The predicted molar refractivity (Wildman–Crippen MR) is 46.7 cm³/mol. The average Bonchev–Trinajstić information content (AvgIpc) is 2.09. The summed E-state index contributed by atoms with van der Waals surface area (Å²) in [5.41, 5.74) is -0.985. The zero-order chi connectivity index (χ0) is 10.7. The Labute approximate surface area is 78.2 Å². The van der Waals surface area contributed by atoms with Crippen molar-refractivity contribution < 1.29 is 8.78 Å². The monoisotopic (exact) mass is 204 g/mol. The van der Waals surface area contributed by atoms with Crippen LogP contribution in [0.3, 0.4) is 0 Å². The van der Waals surface area contributed by atoms with Gasteiger partial charge in [-0.2, -0.15) is 0 Å². The number of alkyl halides is 2. The van der Waals surface area contributed by atoms with E-state index in [1.165, 1.54) is 6.20 Å². The first-order chi connectivity index (χ1) is 6.54. The van der Waals surface area contributed by atoms with Gasteiger partial charge in [-0.25, -0.2) is 13.6 Å². The number of nitrogens with one attached hydrogen (secondary N) is 1. The molecule has 0 aliphatic carbocycles. The molecule has 4 nitrogen and oxygen atoms in total. The molecule has 1 aromatic rings. The topological polar surface area (TPSA) is 54.9 Å². The Morgan fingerprint density at radius 3 is 2.64 bits per heavy atom. The number of hydrogen-bond acceptors (Lipinski definition) is 2. The van der Waals surface area contributed by atoms with Crippen LogP contribution in [0.5, 0.6) is 0 Å². The lowest BCUT2D eigenvalue weighted by Crippen LogP contribution is -2.33. The van der Waals surface area contributed by atoms with Crippen molar-refractivity contribution in [1.82, 2.24) is 9.55 Å². The molecule has 78 valence electrons. The van der Waals surface area contributed by atoms with E-state index in [1.807, 2.05) is 4.98 Å². The van der Waals surface area contributed by atoms with Gasteiger partial charge in [0.25, 0.3) is 12.0 Å². The first kappa shape index (κ1) is 10.6. The maximum atomic E-state index is 12.0. The molecule has 0 bridgehead atoms. The Balaban J connectivity index is 3.18. The molecular formula is C8H10F2N2O2. The number of hydrogen-bond donors (Lipinski definition) is 1. The van der Waals surface area contributed by atoms with Crippen LogP contribution in [0.4, 0.5) is 8.78 Å². The molecule has 0 unspecified atom stereocenters. The van der Waals surface area contributed by atoms with Crippen molar-refractivity contribution in [3.63, 3.8) is 0 Å². The lowest BCUT2D eigenvalue weighted by atomic mass is 10.3. The number of H-pyrrole nitrogens is 1. The van der Waals surface area contributed by atoms with Crippen molar-refractivity contribution in [2.24, 2.45) is 0 Å². The summed E-state index contributed by atoms with van der Waals surface area (Å²) in [5, 5.41) is 0. The fraction of sp³-hybridized carbons (Fsp3) is 0.500. The summed E-state index contributed by atoms with van der Waals surface area (Å²) in [6, 6.07) is 0. The molecule has 1 aromatic heterocycles. The minimum Gasteiger partial charge on any atom is -0.295 e. The Bertz CT molecular complexity index is 422. The van der Waals surface area contributed by atoms with Crippen molar-refractivity contribution >= 4 is 0 Å². The van der Waals surface area contributed by atoms with Crippen LogP contribution in [-0.2, 0) is 13.0 Å². The second-order valence-corrected chi connectivity index (χ2v) is 2.81. The minimum atomic E-state index is -2.61. The van der Waals surface area contributed by atoms with Crippen molar-refractivity contribution in [2.45, 2.75) is 26.3 Å². The highest BCUT2D eigenvalue weighted by Crippen LogP contribution is 1.96. The largest absolute Gasteiger partial charge is 0.328 e. The van der Waals surface area contributed by atoms with E-state index in [-0.39, 0.29) is 0 Å². The number of halogens is 2. The number of aromatic nitrogens is 2. The Morgan fingerprint density at radius 1 is 1.50 bits per heavy atom. The van der Waals surface area contributed by atoms with E-state index >= 15 is 0 Å². The van der Waals surface area contributed by atoms with Gasteiger partial charge < -0.3 is 0 Å². The van der Waals surface area contributed by atoms with Crippen molar-refractivity contribution in [1.29, 1.82) is 0 Å². The first-order valence-corrected chi connectivity index (χ1v) is 4.15. The fourth-order valence-corrected chi connectivity index (χ4v) is 1.09. The van der Waals surface area contributed by atoms with Gasteiger partial charge in [0.1, 0.15) is 0 Å². The number of nitrogens with zero attached hydrogens (tertiary/aromatic N) is 1. The van der Waals surface area contributed by atoms with E-state index in [0.717, 1.165) is 4.57 Å². The molecule has 1 heterocycles. The number of aryl methyl sites for hydroxylation is 1. The fourth-order valence-electron chi connectivity index (χ4n) is 1.09. The molecule has 6 heteroatoms. The molecule has 0 saturated heterocycles. The first-order valence-electron chi connectivity index (χ1n) is 4.15. The van der Waals surface area contributed by atoms with E-state index < -0.39 is 24.2 Å². The smallest absolute Gasteiger partial charge is 0.295 e. The zero-order valence-electron chi connectivity index (χ0n) is 7.59. The zero-order valence-corrected chi connectivity index (χ0v) is 7.59. The van der Waals surface area contributed by atoms with E-state index in [2.05, 4.69) is 0 Å². The molecule has 0 aliphatic heterocycles. The van der Waals surface area contributed by atoms with E-state index in [1.54, 1.807) is 6.92 Å². The third-order valence-electron chi connectivity index (χ3n) is 1.80. The molecule has 0 radical (unpaired) electrons. The molecule has 0 atom stereocenters. The number of rotatable bonds is 3. The van der Waals surface area contributed by atoms with Crippen molar-refractivity contribution in [2.75, 3.05) is 0 Å². The second kappa shape index (κ2) is 4.17. The van der Waals surface area contributed by atoms with Gasteiger partial charge in [0.05, 0.1) is 6.54 Å². The van der Waals surface area contributed by atoms with Crippen LogP contribution in [-0.4, -0.2) is 16.0 Å². The predicted octanol–water partition coefficient (Wildman–Crippen LogP) is 0.364. The lowest BCUT2D eigenvalue weighted by molar-refractivity contribution is 0.124. The normalized spacial score (nSPS) is 10.9. The van der Waals surface area contributed by atoms with E-state index in [9.17, 15) is 18.4 Å². The van der Waals surface area contributed by atoms with E-state index in [4.69, 9.17) is 0 Å². The molecule has 0 spiro atoms. The Hall–Kier alpha value is -1.46. The van der Waals surface area contributed by atoms with Crippen molar-refractivity contribution in [3.8, 4) is 0 Å². The summed E-state index contributed by atoms with van der Waals surface area (Å²) in [6.07, 6.45) is -1.03. The standard InChI is InChI=1S/C8H10F2N2O2/c1-2-5-3-12(4-6(9)10)8(14)11-7(5)13/h3,6H,2,4H2,1H3,(H,11,13,14). The molecule has 0 aliphatic rings. The average molecular weight is 204 g/mol. The molecular weight excluding hydrogens is 194 g/mol. The van der Waals surface area contributed by atoms with Gasteiger partial charge in [0.2, 0.25) is 0 Å². The minimum absolute atomic E-state index is 0.324. The Kier molecular flexibility index (Phi) is 3.16. The molecule has 1 N–H and O–H groups in total. The maximum Gasteiger partial charge on any atom is 0.328 e. The van der Waals surface area contributed by atoms with Gasteiger partial charge in [0.15, 0.2) is 0 Å². The molecule has 1 rings (SSSR count).